The molecule has 3 unspecified atom stereocenters. The molecular weight excluding hydrogens is 236 g/mol. The van der Waals surface area contributed by atoms with E-state index in [4.69, 9.17) is 5.73 Å². The van der Waals surface area contributed by atoms with Crippen molar-refractivity contribution in [1.82, 2.24) is 4.90 Å². The predicted molar refractivity (Wildman–Crippen MR) is 79.0 cm³/mol. The Balaban J connectivity index is 2.33. The maximum absolute atomic E-state index is 12.8. The van der Waals surface area contributed by atoms with Gasteiger partial charge in [0, 0.05) is 18.3 Å². The minimum atomic E-state index is 0.0847. The summed E-state index contributed by atoms with van der Waals surface area (Å²) in [5, 5.41) is 0. The third-order valence-electron chi connectivity index (χ3n) is 4.38. The van der Waals surface area contributed by atoms with Crippen molar-refractivity contribution in [2.24, 2.45) is 11.8 Å². The number of aryl methyl sites for hydroxylation is 1. The molecule has 0 spiro atoms. The number of hydrogen-bond acceptors (Lipinski definition) is 2. The van der Waals surface area contributed by atoms with Crippen LogP contribution in [-0.2, 0) is 0 Å². The quantitative estimate of drug-likeness (QED) is 0.789. The van der Waals surface area contributed by atoms with Gasteiger partial charge in [0.15, 0.2) is 0 Å². The fourth-order valence-electron chi connectivity index (χ4n) is 3.11. The molecule has 3 nitrogen and oxygen atoms in total. The van der Waals surface area contributed by atoms with Gasteiger partial charge in [-0.15, -0.1) is 0 Å². The molecule has 1 amide bonds. The molecule has 0 radical (unpaired) electrons. The zero-order valence-electron chi connectivity index (χ0n) is 12.3. The summed E-state index contributed by atoms with van der Waals surface area (Å²) in [6.45, 7) is 9.36. The molecule has 1 saturated heterocycles. The topological polar surface area (TPSA) is 46.3 Å². The van der Waals surface area contributed by atoms with Gasteiger partial charge in [0.05, 0.1) is 5.56 Å². The highest BCUT2D eigenvalue weighted by Crippen LogP contribution is 2.29. The summed E-state index contributed by atoms with van der Waals surface area (Å²) < 4.78 is 0. The van der Waals surface area contributed by atoms with E-state index in [0.717, 1.165) is 12.1 Å². The van der Waals surface area contributed by atoms with Crippen LogP contribution in [0.1, 0.15) is 43.1 Å². The lowest BCUT2D eigenvalue weighted by Gasteiger charge is -2.41. The van der Waals surface area contributed by atoms with Crippen LogP contribution in [0.15, 0.2) is 18.2 Å². The lowest BCUT2D eigenvalue weighted by atomic mass is 9.85. The van der Waals surface area contributed by atoms with Gasteiger partial charge in [-0.1, -0.05) is 26.0 Å². The normalized spacial score (nSPS) is 27.4. The number of nitrogens with zero attached hydrogens (tertiary/aromatic N) is 1. The average molecular weight is 260 g/mol. The van der Waals surface area contributed by atoms with E-state index in [9.17, 15) is 4.79 Å². The van der Waals surface area contributed by atoms with Crippen LogP contribution < -0.4 is 5.73 Å². The molecule has 2 N–H and O–H groups in total. The van der Waals surface area contributed by atoms with Crippen molar-refractivity contribution in [3.05, 3.63) is 29.3 Å². The Bertz CT molecular complexity index is 463. The highest BCUT2D eigenvalue weighted by molar-refractivity contribution is 6.00. The van der Waals surface area contributed by atoms with Gasteiger partial charge in [-0.25, -0.2) is 0 Å². The summed E-state index contributed by atoms with van der Waals surface area (Å²) in [5.74, 6) is 1.18. The molecule has 1 aromatic carbocycles. The zero-order chi connectivity index (χ0) is 14.2. The molecule has 19 heavy (non-hydrogen) atoms. The maximum Gasteiger partial charge on any atom is 0.256 e. The standard InChI is InChI=1S/C16H24N2O/c1-10-8-12(3)13(4)18(9-10)16(19)15-11(2)6-5-7-14(15)17/h5-7,10,12-13H,8-9,17H2,1-4H3. The summed E-state index contributed by atoms with van der Waals surface area (Å²) in [4.78, 5) is 14.8. The molecule has 1 aliphatic heterocycles. The first-order chi connectivity index (χ1) is 8.91. The number of nitrogen functional groups attached to an aromatic ring is 1. The number of nitrogens with two attached hydrogens (primary N) is 1. The van der Waals surface area contributed by atoms with Crippen LogP contribution in [0.5, 0.6) is 0 Å². The Morgan fingerprint density at radius 1 is 1.32 bits per heavy atom. The molecular formula is C16H24N2O. The number of hydrogen-bond donors (Lipinski definition) is 1. The van der Waals surface area contributed by atoms with Crippen molar-refractivity contribution in [1.29, 1.82) is 0 Å². The fourth-order valence-corrected chi connectivity index (χ4v) is 3.11. The van der Waals surface area contributed by atoms with E-state index in [0.29, 0.717) is 23.1 Å². The lowest BCUT2D eigenvalue weighted by molar-refractivity contribution is 0.0456. The molecule has 0 saturated carbocycles. The van der Waals surface area contributed by atoms with E-state index >= 15 is 0 Å². The average Bonchev–Trinajstić information content (AvgIpc) is 2.33. The Hall–Kier alpha value is -1.51. The van der Waals surface area contributed by atoms with Gasteiger partial charge < -0.3 is 10.6 Å². The van der Waals surface area contributed by atoms with E-state index in [1.54, 1.807) is 0 Å². The Morgan fingerprint density at radius 2 is 2.00 bits per heavy atom. The molecule has 0 aliphatic carbocycles. The number of carbonyl (C=O) groups is 1. The highest BCUT2D eigenvalue weighted by Gasteiger charge is 2.33. The largest absolute Gasteiger partial charge is 0.398 e. The van der Waals surface area contributed by atoms with Gasteiger partial charge in [-0.2, -0.15) is 0 Å². The minimum Gasteiger partial charge on any atom is -0.398 e. The van der Waals surface area contributed by atoms with Crippen molar-refractivity contribution in [2.45, 2.75) is 40.2 Å². The first-order valence-electron chi connectivity index (χ1n) is 7.07. The second-order valence-electron chi connectivity index (χ2n) is 6.06. The number of amides is 1. The molecule has 3 atom stereocenters. The predicted octanol–water partition coefficient (Wildman–Crippen LogP) is 3.08. The third-order valence-corrected chi connectivity index (χ3v) is 4.38. The number of anilines is 1. The fraction of sp³-hybridized carbons (Fsp3) is 0.562. The molecule has 1 aliphatic rings. The van der Waals surface area contributed by atoms with Crippen LogP contribution >= 0.6 is 0 Å². The monoisotopic (exact) mass is 260 g/mol. The molecule has 1 aromatic rings. The van der Waals surface area contributed by atoms with Crippen LogP contribution in [0.2, 0.25) is 0 Å². The van der Waals surface area contributed by atoms with E-state index in [2.05, 4.69) is 20.8 Å². The molecule has 1 fully saturated rings. The van der Waals surface area contributed by atoms with Crippen molar-refractivity contribution in [3.63, 3.8) is 0 Å². The zero-order valence-corrected chi connectivity index (χ0v) is 12.3. The van der Waals surface area contributed by atoms with Crippen LogP contribution in [0.3, 0.4) is 0 Å². The first kappa shape index (κ1) is 13.9. The van der Waals surface area contributed by atoms with Crippen molar-refractivity contribution < 1.29 is 4.79 Å². The van der Waals surface area contributed by atoms with Gasteiger partial charge in [0.1, 0.15) is 0 Å². The number of carbonyl (C=O) groups excluding carboxylic acids is 1. The summed E-state index contributed by atoms with van der Waals surface area (Å²) in [7, 11) is 0. The Labute approximate surface area is 115 Å². The summed E-state index contributed by atoms with van der Waals surface area (Å²) >= 11 is 0. The van der Waals surface area contributed by atoms with Crippen LogP contribution in [0.4, 0.5) is 5.69 Å². The molecule has 0 bridgehead atoms. The van der Waals surface area contributed by atoms with E-state index in [-0.39, 0.29) is 11.9 Å². The number of benzene rings is 1. The number of rotatable bonds is 1. The Kier molecular flexibility index (Phi) is 3.83. The van der Waals surface area contributed by atoms with Crippen molar-refractivity contribution >= 4 is 11.6 Å². The van der Waals surface area contributed by atoms with Crippen LogP contribution in [-0.4, -0.2) is 23.4 Å². The Morgan fingerprint density at radius 3 is 2.63 bits per heavy atom. The van der Waals surface area contributed by atoms with E-state index in [1.807, 2.05) is 30.0 Å². The van der Waals surface area contributed by atoms with Crippen molar-refractivity contribution in [3.8, 4) is 0 Å². The second-order valence-corrected chi connectivity index (χ2v) is 6.06. The summed E-state index contributed by atoms with van der Waals surface area (Å²) in [6.07, 6.45) is 1.19. The van der Waals surface area contributed by atoms with E-state index in [1.165, 1.54) is 6.42 Å². The molecule has 104 valence electrons. The molecule has 0 aromatic heterocycles. The number of piperidine rings is 1. The van der Waals surface area contributed by atoms with Crippen LogP contribution in [0.25, 0.3) is 0 Å². The minimum absolute atomic E-state index is 0.0847. The maximum atomic E-state index is 12.8. The van der Waals surface area contributed by atoms with Gasteiger partial charge >= 0.3 is 0 Å². The SMILES string of the molecule is Cc1cccc(N)c1C(=O)N1CC(C)CC(C)C1C. The smallest absolute Gasteiger partial charge is 0.256 e. The summed E-state index contributed by atoms with van der Waals surface area (Å²) in [6, 6.07) is 5.93. The lowest BCUT2D eigenvalue weighted by Crippen LogP contribution is -2.49. The van der Waals surface area contributed by atoms with Crippen molar-refractivity contribution in [2.75, 3.05) is 12.3 Å². The molecule has 2 rings (SSSR count). The summed E-state index contributed by atoms with van der Waals surface area (Å²) in [5.41, 5.74) is 8.22. The molecule has 3 heteroatoms. The second kappa shape index (κ2) is 5.24. The first-order valence-corrected chi connectivity index (χ1v) is 7.07. The van der Waals surface area contributed by atoms with Gasteiger partial charge in [0.25, 0.3) is 5.91 Å². The van der Waals surface area contributed by atoms with E-state index < -0.39 is 0 Å². The third kappa shape index (κ3) is 2.60. The highest BCUT2D eigenvalue weighted by atomic mass is 16.2. The van der Waals surface area contributed by atoms with Crippen LogP contribution in [0, 0.1) is 18.8 Å². The van der Waals surface area contributed by atoms with Gasteiger partial charge in [-0.05, 0) is 43.7 Å². The van der Waals surface area contributed by atoms with Gasteiger partial charge in [-0.3, -0.25) is 4.79 Å². The molecule has 1 heterocycles. The number of likely N-dealkylation sites (tertiary alicyclic amines) is 1. The van der Waals surface area contributed by atoms with Gasteiger partial charge in [0.2, 0.25) is 0 Å².